The van der Waals surface area contributed by atoms with Crippen molar-refractivity contribution in [3.05, 3.63) is 32.1 Å². The number of hydrogen-bond donors (Lipinski definition) is 4. The Hall–Kier alpha value is -2.30. The summed E-state index contributed by atoms with van der Waals surface area (Å²) in [6.07, 6.45) is -4.74. The second kappa shape index (κ2) is 7.61. The first-order valence-corrected chi connectivity index (χ1v) is 8.38. The summed E-state index contributed by atoms with van der Waals surface area (Å²) in [7, 11) is 0. The molecule has 13 heteroatoms. The number of aliphatic hydroxyl groups is 2. The zero-order chi connectivity index (χ0) is 21.4. The van der Waals surface area contributed by atoms with Crippen LogP contribution in [0.1, 0.15) is 13.8 Å². The summed E-state index contributed by atoms with van der Waals surface area (Å²) in [5.74, 6) is -4.62. The number of H-pyrrole nitrogens is 1. The van der Waals surface area contributed by atoms with E-state index in [9.17, 15) is 29.9 Å². The molecule has 28 heavy (non-hydrogen) atoms. The van der Waals surface area contributed by atoms with Crippen molar-refractivity contribution in [1.82, 2.24) is 9.55 Å². The molecule has 2 rings (SSSR count). The van der Waals surface area contributed by atoms with Crippen LogP contribution in [0.3, 0.4) is 0 Å². The van der Waals surface area contributed by atoms with Gasteiger partial charge in [0.15, 0.2) is 6.61 Å². The third-order valence-corrected chi connectivity index (χ3v) is 4.54. The van der Waals surface area contributed by atoms with E-state index in [1.54, 1.807) is 18.8 Å². The Bertz CT molecular complexity index is 928. The minimum Gasteiger partial charge on any atom is -0.458 e. The van der Waals surface area contributed by atoms with Crippen LogP contribution < -0.4 is 17.0 Å². The molecule has 5 N–H and O–H groups in total. The molecule has 1 aromatic rings. The van der Waals surface area contributed by atoms with Crippen LogP contribution in [-0.4, -0.2) is 56.4 Å². The lowest BCUT2D eigenvalue weighted by Crippen LogP contribution is -2.51. The summed E-state index contributed by atoms with van der Waals surface area (Å²) in [5.41, 5.74) is 0.509. The number of rotatable bonds is 5. The summed E-state index contributed by atoms with van der Waals surface area (Å²) >= 11 is 5.79. The van der Waals surface area contributed by atoms with Crippen LogP contribution >= 0.6 is 11.6 Å². The number of nitriles is 1. The molecular weight excluding hydrogens is 403 g/mol. The van der Waals surface area contributed by atoms with Crippen molar-refractivity contribution in [2.75, 3.05) is 6.61 Å². The summed E-state index contributed by atoms with van der Waals surface area (Å²) in [4.78, 5) is 37.0. The van der Waals surface area contributed by atoms with Gasteiger partial charge < -0.3 is 20.7 Å². The third kappa shape index (κ3) is 3.54. The quantitative estimate of drug-likeness (QED) is 0.319. The fourth-order valence-corrected chi connectivity index (χ4v) is 2.88. The minimum absolute atomic E-state index is 0.271. The van der Waals surface area contributed by atoms with Crippen LogP contribution in [0.15, 0.2) is 15.7 Å². The van der Waals surface area contributed by atoms with Gasteiger partial charge in [-0.05, 0) is 5.92 Å². The van der Waals surface area contributed by atoms with Crippen molar-refractivity contribution < 1.29 is 28.9 Å². The van der Waals surface area contributed by atoms with Crippen molar-refractivity contribution in [2.24, 2.45) is 11.7 Å². The topological polar surface area (TPSA) is 181 Å². The number of halogens is 2. The molecule has 154 valence electrons. The van der Waals surface area contributed by atoms with Gasteiger partial charge in [0.1, 0.15) is 29.5 Å². The number of aromatic nitrogens is 2. The van der Waals surface area contributed by atoms with E-state index in [4.69, 9.17) is 26.8 Å². The van der Waals surface area contributed by atoms with Gasteiger partial charge in [0, 0.05) is 6.07 Å². The molecule has 0 radical (unpaired) electrons. The smallest absolute Gasteiger partial charge is 0.332 e. The predicted octanol–water partition coefficient (Wildman–Crippen LogP) is -1.69. The van der Waals surface area contributed by atoms with E-state index in [1.807, 2.05) is 0 Å². The fraction of sp³-hybridized carbons (Fsp3) is 0.600. The third-order valence-electron chi connectivity index (χ3n) is 4.26. The average Bonchev–Trinajstić information content (AvgIpc) is 2.80. The molecule has 1 aliphatic rings. The molecule has 1 aliphatic heterocycles. The standard InChI is InChI=1S/C15H18ClFN4O7/c1-6(2)9(19)12(25)27-5-14(17)10(23)11(24)15(4-18,28-14)21-7(16)3-8(22)20-13(21)26/h3,6,9-11,23-24H,5,19H2,1-2H3,(H,20,22,26)/t9-,10-,11+,14+,15+/m0/s1. The average molecular weight is 421 g/mol. The van der Waals surface area contributed by atoms with Gasteiger partial charge in [-0.2, -0.15) is 5.26 Å². The predicted molar refractivity (Wildman–Crippen MR) is 90.6 cm³/mol. The van der Waals surface area contributed by atoms with Crippen molar-refractivity contribution in [1.29, 1.82) is 5.26 Å². The highest BCUT2D eigenvalue weighted by Gasteiger charge is 2.66. The van der Waals surface area contributed by atoms with Gasteiger partial charge in [0.25, 0.3) is 17.1 Å². The number of carbonyl (C=O) groups is 1. The van der Waals surface area contributed by atoms with Crippen LogP contribution in [0.25, 0.3) is 0 Å². The molecule has 2 heterocycles. The van der Waals surface area contributed by atoms with Crippen LogP contribution in [0.5, 0.6) is 0 Å². The largest absolute Gasteiger partial charge is 0.458 e. The first kappa shape index (κ1) is 22.0. The number of alkyl halides is 1. The van der Waals surface area contributed by atoms with Crippen LogP contribution in [0, 0.1) is 17.2 Å². The minimum atomic E-state index is -3.28. The number of hydrogen-bond acceptors (Lipinski definition) is 9. The normalized spacial score (nSPS) is 30.8. The highest BCUT2D eigenvalue weighted by molar-refractivity contribution is 6.29. The Labute approximate surface area is 162 Å². The van der Waals surface area contributed by atoms with Gasteiger partial charge in [-0.25, -0.2) is 13.8 Å². The van der Waals surface area contributed by atoms with Crippen molar-refractivity contribution in [3.63, 3.8) is 0 Å². The Morgan fingerprint density at radius 3 is 2.64 bits per heavy atom. The number of nitrogens with two attached hydrogens (primary N) is 1. The highest BCUT2D eigenvalue weighted by atomic mass is 35.5. The fourth-order valence-electron chi connectivity index (χ4n) is 2.58. The van der Waals surface area contributed by atoms with Gasteiger partial charge >= 0.3 is 11.7 Å². The van der Waals surface area contributed by atoms with E-state index in [1.165, 1.54) is 6.07 Å². The van der Waals surface area contributed by atoms with E-state index in [-0.39, 0.29) is 10.5 Å². The summed E-state index contributed by atoms with van der Waals surface area (Å²) < 4.78 is 25.0. The molecule has 0 spiro atoms. The Morgan fingerprint density at radius 1 is 1.54 bits per heavy atom. The highest BCUT2D eigenvalue weighted by Crippen LogP contribution is 2.43. The Morgan fingerprint density at radius 2 is 2.14 bits per heavy atom. The van der Waals surface area contributed by atoms with Crippen molar-refractivity contribution >= 4 is 17.6 Å². The zero-order valence-corrected chi connectivity index (χ0v) is 15.5. The number of aromatic amines is 1. The van der Waals surface area contributed by atoms with Gasteiger partial charge in [0.05, 0.1) is 0 Å². The number of ether oxygens (including phenoxy) is 2. The molecule has 0 amide bonds. The van der Waals surface area contributed by atoms with Crippen LogP contribution in [0.4, 0.5) is 4.39 Å². The first-order valence-electron chi connectivity index (χ1n) is 8.00. The molecule has 0 aromatic carbocycles. The SMILES string of the molecule is CC(C)[C@H](N)C(=O)OC[C@@]1(F)O[C@@](C#N)(n2c(Cl)cc(=O)[nH]c2=O)[C@H](O)[C@@H]1O. The van der Waals surface area contributed by atoms with Crippen LogP contribution in [0.2, 0.25) is 5.15 Å². The monoisotopic (exact) mass is 420 g/mol. The molecule has 1 fully saturated rings. The van der Waals surface area contributed by atoms with E-state index in [0.29, 0.717) is 6.07 Å². The number of nitrogens with one attached hydrogen (secondary N) is 1. The summed E-state index contributed by atoms with van der Waals surface area (Å²) in [6.45, 7) is 2.00. The Balaban J connectivity index is 2.41. The van der Waals surface area contributed by atoms with Gasteiger partial charge in [-0.1, -0.05) is 25.4 Å². The molecule has 0 saturated carbocycles. The zero-order valence-electron chi connectivity index (χ0n) is 14.8. The molecule has 0 aliphatic carbocycles. The molecule has 0 bridgehead atoms. The lowest BCUT2D eigenvalue weighted by Gasteiger charge is -2.28. The number of nitrogens with zero attached hydrogens (tertiary/aromatic N) is 2. The maximum atomic E-state index is 15.2. The lowest BCUT2D eigenvalue weighted by molar-refractivity contribution is -0.234. The van der Waals surface area contributed by atoms with Gasteiger partial charge in [0.2, 0.25) is 0 Å². The van der Waals surface area contributed by atoms with Crippen molar-refractivity contribution in [2.45, 2.75) is 43.7 Å². The van der Waals surface area contributed by atoms with E-state index >= 15 is 4.39 Å². The van der Waals surface area contributed by atoms with E-state index < -0.39 is 58.8 Å². The molecule has 1 aromatic heterocycles. The molecular formula is C15H18ClFN4O7. The molecule has 1 saturated heterocycles. The number of aliphatic hydroxyl groups excluding tert-OH is 2. The number of carbonyl (C=O) groups excluding carboxylic acids is 1. The lowest BCUT2D eigenvalue weighted by atomic mass is 10.0. The van der Waals surface area contributed by atoms with Gasteiger partial charge in [-0.3, -0.25) is 19.3 Å². The summed E-state index contributed by atoms with van der Waals surface area (Å²) in [6, 6.07) is 0.969. The molecule has 5 atom stereocenters. The second-order valence-electron chi connectivity index (χ2n) is 6.56. The second-order valence-corrected chi connectivity index (χ2v) is 6.95. The van der Waals surface area contributed by atoms with Crippen molar-refractivity contribution in [3.8, 4) is 6.07 Å². The molecule has 0 unspecified atom stereocenters. The maximum Gasteiger partial charge on any atom is 0.332 e. The van der Waals surface area contributed by atoms with E-state index in [2.05, 4.69) is 0 Å². The molecule has 11 nitrogen and oxygen atoms in total. The Kier molecular flexibility index (Phi) is 5.98. The van der Waals surface area contributed by atoms with E-state index in [0.717, 1.165) is 0 Å². The number of esters is 1. The maximum absolute atomic E-state index is 15.2. The van der Waals surface area contributed by atoms with Gasteiger partial charge in [-0.15, -0.1) is 0 Å². The first-order chi connectivity index (χ1) is 12.9. The van der Waals surface area contributed by atoms with Crippen LogP contribution in [-0.2, 0) is 20.0 Å². The summed E-state index contributed by atoms with van der Waals surface area (Å²) in [5, 5.41) is 29.2.